The fraction of sp³-hybridized carbons (Fsp3) is 0.200. The molecule has 1 aromatic carbocycles. The molecule has 0 atom stereocenters. The van der Waals surface area contributed by atoms with E-state index in [2.05, 4.69) is 19.8 Å². The summed E-state index contributed by atoms with van der Waals surface area (Å²) < 4.78 is 46.5. The Hall–Kier alpha value is -3.17. The van der Waals surface area contributed by atoms with Crippen LogP contribution in [0.1, 0.15) is 21.9 Å². The molecule has 0 unspecified atom stereocenters. The smallest absolute Gasteiger partial charge is 0.455 e. The van der Waals surface area contributed by atoms with E-state index in [9.17, 15) is 18.0 Å². The van der Waals surface area contributed by atoms with Gasteiger partial charge in [0.1, 0.15) is 12.4 Å². The zero-order chi connectivity index (χ0) is 18.0. The third-order valence-electron chi connectivity index (χ3n) is 3.14. The summed E-state index contributed by atoms with van der Waals surface area (Å²) in [4.78, 5) is 19.9. The molecule has 2 aromatic heterocycles. The summed E-state index contributed by atoms with van der Waals surface area (Å²) in [6, 6.07) is 6.69. The number of alkyl halides is 3. The third kappa shape index (κ3) is 4.03. The number of esters is 1. The first kappa shape index (κ1) is 16.7. The van der Waals surface area contributed by atoms with Crippen LogP contribution < -0.4 is 4.74 Å². The van der Waals surface area contributed by atoms with Crippen LogP contribution >= 0.6 is 0 Å². The average molecular weight is 352 g/mol. The molecule has 2 heterocycles. The molecule has 130 valence electrons. The summed E-state index contributed by atoms with van der Waals surface area (Å²) >= 11 is 0. The minimum absolute atomic E-state index is 0.146. The molecule has 7 nitrogen and oxygen atoms in total. The summed E-state index contributed by atoms with van der Waals surface area (Å²) in [5.41, 5.74) is 1.23. The molecule has 0 radical (unpaired) electrons. The maximum atomic E-state index is 12.1. The van der Waals surface area contributed by atoms with E-state index in [0.717, 1.165) is 17.8 Å². The minimum Gasteiger partial charge on any atom is -0.455 e. The molecule has 0 saturated heterocycles. The predicted octanol–water partition coefficient (Wildman–Crippen LogP) is 2.69. The Bertz CT molecular complexity index is 907. The van der Waals surface area contributed by atoms with Gasteiger partial charge in [0.15, 0.2) is 0 Å². The van der Waals surface area contributed by atoms with Crippen molar-refractivity contribution in [2.75, 3.05) is 0 Å². The van der Waals surface area contributed by atoms with Crippen molar-refractivity contribution in [1.82, 2.24) is 19.6 Å². The largest absolute Gasteiger partial charge is 0.573 e. The number of aryl methyl sites for hydroxylation is 1. The Balaban J connectivity index is 1.64. The number of benzene rings is 1. The summed E-state index contributed by atoms with van der Waals surface area (Å²) in [5.74, 6) is -1.01. The number of rotatable bonds is 4. The number of carbonyl (C=O) groups is 1. The van der Waals surface area contributed by atoms with Gasteiger partial charge >= 0.3 is 12.3 Å². The molecule has 0 N–H and O–H groups in total. The van der Waals surface area contributed by atoms with Crippen LogP contribution in [0.3, 0.4) is 0 Å². The van der Waals surface area contributed by atoms with Crippen molar-refractivity contribution in [3.8, 4) is 5.75 Å². The highest BCUT2D eigenvalue weighted by Crippen LogP contribution is 2.22. The SMILES string of the molecule is Cc1ccnc2nc(C(=O)OCc3ccc(OC(F)(F)F)cc3)nn12. The lowest BCUT2D eigenvalue weighted by Gasteiger charge is -2.09. The van der Waals surface area contributed by atoms with Gasteiger partial charge in [0.25, 0.3) is 11.6 Å². The molecule has 3 rings (SSSR count). The van der Waals surface area contributed by atoms with Crippen molar-refractivity contribution in [1.29, 1.82) is 0 Å². The molecule has 25 heavy (non-hydrogen) atoms. The first-order valence-corrected chi connectivity index (χ1v) is 7.02. The molecule has 3 aromatic rings. The Kier molecular flexibility index (Phi) is 4.26. The molecule has 0 aliphatic carbocycles. The first-order valence-electron chi connectivity index (χ1n) is 7.02. The molecular formula is C15H11F3N4O3. The van der Waals surface area contributed by atoms with Gasteiger partial charge in [-0.1, -0.05) is 12.1 Å². The Morgan fingerprint density at radius 3 is 2.56 bits per heavy atom. The second-order valence-electron chi connectivity index (χ2n) is 5.00. The number of carbonyl (C=O) groups excluding carboxylic acids is 1. The monoisotopic (exact) mass is 352 g/mol. The lowest BCUT2D eigenvalue weighted by Crippen LogP contribution is -2.17. The molecule has 0 amide bonds. The molecule has 0 spiro atoms. The summed E-state index contributed by atoms with van der Waals surface area (Å²) in [5, 5.41) is 4.00. The standard InChI is InChI=1S/C15H11F3N4O3/c1-9-6-7-19-14-20-12(21-22(9)14)13(23)24-8-10-2-4-11(5-3-10)25-15(16,17)18/h2-7H,8H2,1H3. The lowest BCUT2D eigenvalue weighted by atomic mass is 10.2. The molecular weight excluding hydrogens is 341 g/mol. The number of hydrogen-bond donors (Lipinski definition) is 0. The van der Waals surface area contributed by atoms with Gasteiger partial charge in [-0.2, -0.15) is 4.98 Å². The zero-order valence-corrected chi connectivity index (χ0v) is 12.8. The molecule has 0 fully saturated rings. The molecule has 0 saturated carbocycles. The van der Waals surface area contributed by atoms with Crippen molar-refractivity contribution >= 4 is 11.7 Å². The fourth-order valence-corrected chi connectivity index (χ4v) is 1.99. The fourth-order valence-electron chi connectivity index (χ4n) is 1.99. The minimum atomic E-state index is -4.76. The van der Waals surface area contributed by atoms with E-state index in [4.69, 9.17) is 4.74 Å². The second-order valence-corrected chi connectivity index (χ2v) is 5.00. The highest BCUT2D eigenvalue weighted by atomic mass is 19.4. The zero-order valence-electron chi connectivity index (χ0n) is 12.8. The van der Waals surface area contributed by atoms with Crippen LogP contribution in [0.15, 0.2) is 36.5 Å². The van der Waals surface area contributed by atoms with Gasteiger partial charge in [-0.05, 0) is 30.7 Å². The van der Waals surface area contributed by atoms with Crippen LogP contribution in [0.5, 0.6) is 5.75 Å². The lowest BCUT2D eigenvalue weighted by molar-refractivity contribution is -0.274. The van der Waals surface area contributed by atoms with Gasteiger partial charge in [0, 0.05) is 11.9 Å². The van der Waals surface area contributed by atoms with Crippen molar-refractivity contribution in [3.05, 3.63) is 53.6 Å². The number of nitrogens with zero attached hydrogens (tertiary/aromatic N) is 4. The van der Waals surface area contributed by atoms with Crippen LogP contribution in [0, 0.1) is 6.92 Å². The van der Waals surface area contributed by atoms with Crippen molar-refractivity contribution in [3.63, 3.8) is 0 Å². The number of hydrogen-bond acceptors (Lipinski definition) is 6. The van der Waals surface area contributed by atoms with E-state index < -0.39 is 12.3 Å². The summed E-state index contributed by atoms with van der Waals surface area (Å²) in [6.45, 7) is 1.64. The van der Waals surface area contributed by atoms with E-state index in [1.54, 1.807) is 19.2 Å². The van der Waals surface area contributed by atoms with E-state index in [1.807, 2.05) is 0 Å². The maximum absolute atomic E-state index is 12.1. The van der Waals surface area contributed by atoms with Crippen molar-refractivity contribution < 1.29 is 27.4 Å². The Morgan fingerprint density at radius 1 is 1.20 bits per heavy atom. The normalized spacial score (nSPS) is 11.5. The first-order chi connectivity index (χ1) is 11.8. The van der Waals surface area contributed by atoms with Crippen molar-refractivity contribution in [2.45, 2.75) is 19.9 Å². The average Bonchev–Trinajstić information content (AvgIpc) is 2.98. The highest BCUT2D eigenvalue weighted by Gasteiger charge is 2.30. The van der Waals surface area contributed by atoms with E-state index in [1.165, 1.54) is 16.6 Å². The van der Waals surface area contributed by atoms with Crippen LogP contribution in [0.25, 0.3) is 5.78 Å². The number of ether oxygens (including phenoxy) is 2. The van der Waals surface area contributed by atoms with E-state index in [-0.39, 0.29) is 24.0 Å². The highest BCUT2D eigenvalue weighted by molar-refractivity contribution is 5.85. The van der Waals surface area contributed by atoms with Gasteiger partial charge in [-0.3, -0.25) is 0 Å². The number of fused-ring (bicyclic) bond motifs is 1. The number of halogens is 3. The topological polar surface area (TPSA) is 78.6 Å². The van der Waals surface area contributed by atoms with E-state index >= 15 is 0 Å². The van der Waals surface area contributed by atoms with Gasteiger partial charge in [0.2, 0.25) is 0 Å². The molecule has 10 heteroatoms. The van der Waals surface area contributed by atoms with Crippen LogP contribution in [-0.4, -0.2) is 31.9 Å². The maximum Gasteiger partial charge on any atom is 0.573 e. The van der Waals surface area contributed by atoms with Gasteiger partial charge < -0.3 is 9.47 Å². The molecule has 0 aliphatic heterocycles. The number of aromatic nitrogens is 4. The van der Waals surface area contributed by atoms with Gasteiger partial charge in [-0.15, -0.1) is 18.3 Å². The van der Waals surface area contributed by atoms with Crippen molar-refractivity contribution in [2.24, 2.45) is 0 Å². The third-order valence-corrected chi connectivity index (χ3v) is 3.14. The molecule has 0 aliphatic rings. The Morgan fingerprint density at radius 2 is 1.92 bits per heavy atom. The Labute approximate surface area is 139 Å². The van der Waals surface area contributed by atoms with E-state index in [0.29, 0.717) is 5.56 Å². The quantitative estimate of drug-likeness (QED) is 0.672. The summed E-state index contributed by atoms with van der Waals surface area (Å²) in [6.07, 6.45) is -3.21. The second kappa shape index (κ2) is 6.38. The van der Waals surface area contributed by atoms with Crippen LogP contribution in [0.2, 0.25) is 0 Å². The summed E-state index contributed by atoms with van der Waals surface area (Å²) in [7, 11) is 0. The predicted molar refractivity (Wildman–Crippen MR) is 77.8 cm³/mol. The molecule has 0 bridgehead atoms. The van der Waals surface area contributed by atoms with Gasteiger partial charge in [-0.25, -0.2) is 14.3 Å². The van der Waals surface area contributed by atoms with Crippen LogP contribution in [0.4, 0.5) is 13.2 Å². The van der Waals surface area contributed by atoms with Gasteiger partial charge in [0.05, 0.1) is 0 Å². The van der Waals surface area contributed by atoms with Crippen LogP contribution in [-0.2, 0) is 11.3 Å².